The van der Waals surface area contributed by atoms with Crippen LogP contribution in [0.5, 0.6) is 0 Å². The van der Waals surface area contributed by atoms with E-state index in [1.807, 2.05) is 36.4 Å². The molecule has 0 aromatic heterocycles. The Labute approximate surface area is 190 Å². The van der Waals surface area contributed by atoms with Crippen molar-refractivity contribution in [2.45, 2.75) is 31.9 Å². The summed E-state index contributed by atoms with van der Waals surface area (Å²) in [6.45, 7) is 6.39. The van der Waals surface area contributed by atoms with Crippen LogP contribution in [0.2, 0.25) is 0 Å². The highest BCUT2D eigenvalue weighted by Gasteiger charge is 2.22. The fraction of sp³-hybridized carbons (Fsp3) is 0.462. The Hall–Kier alpha value is -2.72. The SMILES string of the molecule is CN1CCCN(Cc2ccc(-c3ccc(C(=O)N4CCC(O)CC4)cc3)c(C#N)c2)CC1. The van der Waals surface area contributed by atoms with E-state index in [1.54, 1.807) is 4.90 Å². The number of rotatable bonds is 4. The molecule has 0 spiro atoms. The molecule has 2 saturated heterocycles. The number of piperidine rings is 1. The van der Waals surface area contributed by atoms with Crippen LogP contribution in [0.3, 0.4) is 0 Å². The fourth-order valence-electron chi connectivity index (χ4n) is 4.59. The van der Waals surface area contributed by atoms with E-state index in [-0.39, 0.29) is 12.0 Å². The lowest BCUT2D eigenvalue weighted by Gasteiger charge is -2.29. The topological polar surface area (TPSA) is 70.8 Å². The van der Waals surface area contributed by atoms with Crippen LogP contribution in [-0.4, -0.2) is 78.1 Å². The van der Waals surface area contributed by atoms with Gasteiger partial charge in [-0.15, -0.1) is 0 Å². The Morgan fingerprint density at radius 2 is 1.78 bits per heavy atom. The van der Waals surface area contributed by atoms with E-state index in [1.165, 1.54) is 6.42 Å². The van der Waals surface area contributed by atoms with E-state index in [0.717, 1.165) is 49.4 Å². The third kappa shape index (κ3) is 5.36. The first-order valence-corrected chi connectivity index (χ1v) is 11.5. The molecule has 0 atom stereocenters. The summed E-state index contributed by atoms with van der Waals surface area (Å²) in [5.74, 6) is 0.00222. The van der Waals surface area contributed by atoms with Gasteiger partial charge in [0.05, 0.1) is 17.7 Å². The Morgan fingerprint density at radius 3 is 2.50 bits per heavy atom. The fourth-order valence-corrected chi connectivity index (χ4v) is 4.59. The van der Waals surface area contributed by atoms with Gasteiger partial charge in [-0.2, -0.15) is 5.26 Å². The minimum absolute atomic E-state index is 0.00222. The summed E-state index contributed by atoms with van der Waals surface area (Å²) in [7, 11) is 2.17. The van der Waals surface area contributed by atoms with E-state index in [9.17, 15) is 15.2 Å². The monoisotopic (exact) mass is 432 g/mol. The number of aliphatic hydroxyl groups excluding tert-OH is 1. The van der Waals surface area contributed by atoms with Crippen molar-refractivity contribution >= 4 is 5.91 Å². The number of amides is 1. The lowest BCUT2D eigenvalue weighted by Crippen LogP contribution is -2.40. The predicted octanol–water partition coefficient (Wildman–Crippen LogP) is 2.96. The maximum Gasteiger partial charge on any atom is 0.253 e. The highest BCUT2D eigenvalue weighted by molar-refractivity contribution is 5.94. The molecule has 0 unspecified atom stereocenters. The number of carbonyl (C=O) groups excluding carboxylic acids is 1. The van der Waals surface area contributed by atoms with Crippen LogP contribution in [0, 0.1) is 11.3 Å². The lowest BCUT2D eigenvalue weighted by molar-refractivity contribution is 0.0546. The molecule has 0 aliphatic carbocycles. The normalized spacial score (nSPS) is 18.8. The minimum atomic E-state index is -0.297. The van der Waals surface area contributed by atoms with Gasteiger partial charge in [-0.3, -0.25) is 9.69 Å². The number of hydrogen-bond acceptors (Lipinski definition) is 5. The van der Waals surface area contributed by atoms with Crippen LogP contribution in [-0.2, 0) is 6.54 Å². The summed E-state index contributed by atoms with van der Waals surface area (Å²) in [5, 5.41) is 19.4. The zero-order valence-electron chi connectivity index (χ0n) is 18.8. The Kier molecular flexibility index (Phi) is 7.21. The number of likely N-dealkylation sites (tertiary alicyclic amines) is 1. The molecule has 2 aliphatic rings. The summed E-state index contributed by atoms with van der Waals surface area (Å²) in [4.78, 5) is 19.4. The number of likely N-dealkylation sites (N-methyl/N-ethyl adjacent to an activating group) is 1. The van der Waals surface area contributed by atoms with E-state index >= 15 is 0 Å². The molecule has 1 amide bonds. The van der Waals surface area contributed by atoms with Crippen molar-refractivity contribution in [3.63, 3.8) is 0 Å². The average Bonchev–Trinajstić information content (AvgIpc) is 3.03. The van der Waals surface area contributed by atoms with Crippen LogP contribution in [0.4, 0.5) is 0 Å². The van der Waals surface area contributed by atoms with Crippen molar-refractivity contribution in [2.24, 2.45) is 0 Å². The molecule has 2 aromatic carbocycles. The Morgan fingerprint density at radius 1 is 1.03 bits per heavy atom. The standard InChI is InChI=1S/C26H32N4O2/c1-28-11-2-12-29(16-15-28)19-20-3-8-25(23(17-20)18-27)21-4-6-22(7-5-21)26(32)30-13-9-24(31)10-14-30/h3-8,17,24,31H,2,9-16,19H2,1H3. The van der Waals surface area contributed by atoms with Gasteiger partial charge in [-0.05, 0) is 74.3 Å². The number of hydrogen-bond donors (Lipinski definition) is 1. The maximum absolute atomic E-state index is 12.7. The summed E-state index contributed by atoms with van der Waals surface area (Å²) < 4.78 is 0. The molecule has 0 bridgehead atoms. The molecule has 2 fully saturated rings. The molecule has 6 heteroatoms. The van der Waals surface area contributed by atoms with Crippen LogP contribution in [0.15, 0.2) is 42.5 Å². The van der Waals surface area contributed by atoms with Crippen LogP contribution in [0.25, 0.3) is 11.1 Å². The van der Waals surface area contributed by atoms with Crippen LogP contribution >= 0.6 is 0 Å². The molecule has 2 aliphatic heterocycles. The van der Waals surface area contributed by atoms with Gasteiger partial charge in [-0.1, -0.05) is 24.3 Å². The zero-order chi connectivity index (χ0) is 22.5. The second-order valence-corrected chi connectivity index (χ2v) is 9.03. The molecule has 168 valence electrons. The molecule has 32 heavy (non-hydrogen) atoms. The van der Waals surface area contributed by atoms with Gasteiger partial charge in [0.25, 0.3) is 5.91 Å². The second kappa shape index (κ2) is 10.3. The molecule has 6 nitrogen and oxygen atoms in total. The first-order valence-electron chi connectivity index (χ1n) is 11.5. The second-order valence-electron chi connectivity index (χ2n) is 9.03. The third-order valence-corrected chi connectivity index (χ3v) is 6.62. The van der Waals surface area contributed by atoms with Gasteiger partial charge in [-0.25, -0.2) is 0 Å². The predicted molar refractivity (Wildman–Crippen MR) is 125 cm³/mol. The van der Waals surface area contributed by atoms with Crippen molar-refractivity contribution in [1.82, 2.24) is 14.7 Å². The quantitative estimate of drug-likeness (QED) is 0.804. The van der Waals surface area contributed by atoms with Crippen molar-refractivity contribution in [3.05, 3.63) is 59.2 Å². The molecule has 0 radical (unpaired) electrons. The zero-order valence-corrected chi connectivity index (χ0v) is 18.8. The van der Waals surface area contributed by atoms with Gasteiger partial charge < -0.3 is 14.9 Å². The Balaban J connectivity index is 1.46. The number of nitrogens with zero attached hydrogens (tertiary/aromatic N) is 4. The van der Waals surface area contributed by atoms with E-state index < -0.39 is 0 Å². The summed E-state index contributed by atoms with van der Waals surface area (Å²) >= 11 is 0. The van der Waals surface area contributed by atoms with Gasteiger partial charge >= 0.3 is 0 Å². The maximum atomic E-state index is 12.7. The molecule has 4 rings (SSSR count). The minimum Gasteiger partial charge on any atom is -0.393 e. The number of carbonyl (C=O) groups is 1. The molecular formula is C26H32N4O2. The lowest BCUT2D eigenvalue weighted by atomic mass is 9.96. The largest absolute Gasteiger partial charge is 0.393 e. The van der Waals surface area contributed by atoms with Gasteiger partial charge in [0.15, 0.2) is 0 Å². The molecule has 1 N–H and O–H groups in total. The van der Waals surface area contributed by atoms with Crippen molar-refractivity contribution in [2.75, 3.05) is 46.3 Å². The van der Waals surface area contributed by atoms with E-state index in [2.05, 4.69) is 29.0 Å². The number of benzene rings is 2. The van der Waals surface area contributed by atoms with Crippen molar-refractivity contribution < 1.29 is 9.90 Å². The van der Waals surface area contributed by atoms with Gasteiger partial charge in [0.1, 0.15) is 0 Å². The first kappa shape index (κ1) is 22.5. The molecule has 2 heterocycles. The molecule has 2 aromatic rings. The third-order valence-electron chi connectivity index (χ3n) is 6.62. The summed E-state index contributed by atoms with van der Waals surface area (Å²) in [5.41, 5.74) is 4.31. The van der Waals surface area contributed by atoms with E-state index in [4.69, 9.17) is 0 Å². The number of nitriles is 1. The first-order chi connectivity index (χ1) is 15.5. The van der Waals surface area contributed by atoms with Crippen LogP contribution < -0.4 is 0 Å². The van der Waals surface area contributed by atoms with Crippen molar-refractivity contribution in [3.8, 4) is 17.2 Å². The summed E-state index contributed by atoms with van der Waals surface area (Å²) in [6.07, 6.45) is 2.14. The highest BCUT2D eigenvalue weighted by atomic mass is 16.3. The summed E-state index contributed by atoms with van der Waals surface area (Å²) in [6, 6.07) is 16.0. The van der Waals surface area contributed by atoms with Crippen LogP contribution in [0.1, 0.15) is 40.7 Å². The average molecular weight is 433 g/mol. The van der Waals surface area contributed by atoms with E-state index in [0.29, 0.717) is 37.1 Å². The Bertz CT molecular complexity index is 974. The smallest absolute Gasteiger partial charge is 0.253 e. The highest BCUT2D eigenvalue weighted by Crippen LogP contribution is 2.26. The van der Waals surface area contributed by atoms with Gasteiger partial charge in [0, 0.05) is 38.3 Å². The molecule has 0 saturated carbocycles. The van der Waals surface area contributed by atoms with Gasteiger partial charge in [0.2, 0.25) is 0 Å². The van der Waals surface area contributed by atoms with Crippen molar-refractivity contribution in [1.29, 1.82) is 5.26 Å². The molecular weight excluding hydrogens is 400 g/mol. The number of aliphatic hydroxyl groups is 1.